The Labute approximate surface area is 96.0 Å². The molecular formula is C10H12BrFN2O. The van der Waals surface area contributed by atoms with E-state index in [0.717, 1.165) is 0 Å². The Hall–Kier alpha value is -1.10. The van der Waals surface area contributed by atoms with Gasteiger partial charge < -0.3 is 11.1 Å². The summed E-state index contributed by atoms with van der Waals surface area (Å²) in [5.74, 6) is -0.997. The Morgan fingerprint density at radius 2 is 2.33 bits per heavy atom. The Morgan fingerprint density at radius 3 is 2.87 bits per heavy atom. The molecular weight excluding hydrogens is 263 g/mol. The van der Waals surface area contributed by atoms with Crippen molar-refractivity contribution in [3.63, 3.8) is 0 Å². The zero-order valence-corrected chi connectivity index (χ0v) is 9.84. The Bertz CT molecular complexity index is 370. The number of nitrogens with two attached hydrogens (primary N) is 1. The molecule has 1 unspecified atom stereocenters. The number of carbonyl (C=O) groups excluding carboxylic acids is 1. The lowest BCUT2D eigenvalue weighted by Gasteiger charge is -2.10. The Balaban J connectivity index is 2.58. The van der Waals surface area contributed by atoms with E-state index in [1.165, 1.54) is 6.07 Å². The van der Waals surface area contributed by atoms with Crippen molar-refractivity contribution >= 4 is 27.5 Å². The fourth-order valence-electron chi connectivity index (χ4n) is 0.978. The number of hydrogen-bond donors (Lipinski definition) is 2. The van der Waals surface area contributed by atoms with Gasteiger partial charge in [-0.25, -0.2) is 4.39 Å². The van der Waals surface area contributed by atoms with Crippen LogP contribution in [0.4, 0.5) is 10.1 Å². The number of amides is 1. The highest BCUT2D eigenvalue weighted by Crippen LogP contribution is 2.19. The second kappa shape index (κ2) is 5.11. The van der Waals surface area contributed by atoms with Gasteiger partial charge in [-0.05, 0) is 34.1 Å². The van der Waals surface area contributed by atoms with E-state index in [-0.39, 0.29) is 17.6 Å². The first-order valence-corrected chi connectivity index (χ1v) is 5.28. The Kier molecular flexibility index (Phi) is 4.08. The number of anilines is 1. The lowest BCUT2D eigenvalue weighted by molar-refractivity contribution is -0.120. The zero-order valence-electron chi connectivity index (χ0n) is 8.26. The van der Waals surface area contributed by atoms with Gasteiger partial charge >= 0.3 is 0 Å². The van der Waals surface area contributed by atoms with Crippen LogP contribution in [0.25, 0.3) is 0 Å². The molecule has 0 aliphatic heterocycles. The van der Waals surface area contributed by atoms with Crippen LogP contribution in [0.1, 0.15) is 6.92 Å². The SMILES string of the molecule is CC(CNc1ccc(Br)c(F)c1)C(N)=O. The van der Waals surface area contributed by atoms with Crippen molar-refractivity contribution in [3.05, 3.63) is 28.5 Å². The van der Waals surface area contributed by atoms with E-state index in [1.807, 2.05) is 0 Å². The van der Waals surface area contributed by atoms with E-state index in [0.29, 0.717) is 16.7 Å². The molecule has 15 heavy (non-hydrogen) atoms. The average molecular weight is 275 g/mol. The number of nitrogens with one attached hydrogen (secondary N) is 1. The molecule has 1 rings (SSSR count). The molecule has 5 heteroatoms. The van der Waals surface area contributed by atoms with Crippen molar-refractivity contribution in [2.45, 2.75) is 6.92 Å². The molecule has 0 saturated carbocycles. The van der Waals surface area contributed by atoms with Gasteiger partial charge in [0, 0.05) is 12.2 Å². The first-order chi connectivity index (χ1) is 7.00. The van der Waals surface area contributed by atoms with Crippen molar-refractivity contribution in [2.24, 2.45) is 11.7 Å². The summed E-state index contributed by atoms with van der Waals surface area (Å²) in [6, 6.07) is 4.69. The molecule has 0 fully saturated rings. The maximum absolute atomic E-state index is 13.1. The highest BCUT2D eigenvalue weighted by Gasteiger charge is 2.08. The summed E-state index contributed by atoms with van der Waals surface area (Å²) in [5.41, 5.74) is 5.72. The molecule has 1 aromatic rings. The van der Waals surface area contributed by atoms with Crippen LogP contribution in [0.15, 0.2) is 22.7 Å². The summed E-state index contributed by atoms with van der Waals surface area (Å²) in [7, 11) is 0. The number of carbonyl (C=O) groups is 1. The van der Waals surface area contributed by atoms with E-state index in [1.54, 1.807) is 19.1 Å². The van der Waals surface area contributed by atoms with Crippen molar-refractivity contribution in [3.8, 4) is 0 Å². The predicted octanol–water partition coefficient (Wildman–Crippen LogP) is 2.12. The molecule has 1 amide bonds. The molecule has 3 N–H and O–H groups in total. The molecule has 1 aromatic carbocycles. The van der Waals surface area contributed by atoms with Gasteiger partial charge in [0.05, 0.1) is 10.4 Å². The molecule has 0 heterocycles. The van der Waals surface area contributed by atoms with Gasteiger partial charge in [-0.2, -0.15) is 0 Å². The van der Waals surface area contributed by atoms with Crippen LogP contribution in [-0.2, 0) is 4.79 Å². The third-order valence-electron chi connectivity index (χ3n) is 2.02. The van der Waals surface area contributed by atoms with Crippen LogP contribution < -0.4 is 11.1 Å². The lowest BCUT2D eigenvalue weighted by Crippen LogP contribution is -2.26. The van der Waals surface area contributed by atoms with Gasteiger partial charge in [0.2, 0.25) is 5.91 Å². The summed E-state index contributed by atoms with van der Waals surface area (Å²) in [6.07, 6.45) is 0. The second-order valence-electron chi connectivity index (χ2n) is 3.31. The van der Waals surface area contributed by atoms with Gasteiger partial charge in [0.1, 0.15) is 5.82 Å². The lowest BCUT2D eigenvalue weighted by atomic mass is 10.1. The maximum Gasteiger partial charge on any atom is 0.222 e. The average Bonchev–Trinajstić information content (AvgIpc) is 2.19. The molecule has 0 aromatic heterocycles. The summed E-state index contributed by atoms with van der Waals surface area (Å²) >= 11 is 3.06. The molecule has 0 radical (unpaired) electrons. The van der Waals surface area contributed by atoms with Gasteiger partial charge in [0.15, 0.2) is 0 Å². The van der Waals surface area contributed by atoms with E-state index < -0.39 is 0 Å². The number of halogens is 2. The fourth-order valence-corrected chi connectivity index (χ4v) is 1.22. The summed E-state index contributed by atoms with van der Waals surface area (Å²) in [6.45, 7) is 2.11. The third kappa shape index (κ3) is 3.51. The second-order valence-corrected chi connectivity index (χ2v) is 4.17. The van der Waals surface area contributed by atoms with Gasteiger partial charge in [-0.3, -0.25) is 4.79 Å². The number of rotatable bonds is 4. The van der Waals surface area contributed by atoms with Crippen LogP contribution in [0.2, 0.25) is 0 Å². The minimum absolute atomic E-state index is 0.281. The quantitative estimate of drug-likeness (QED) is 0.884. The summed E-state index contributed by atoms with van der Waals surface area (Å²) in [5, 5.41) is 2.93. The highest BCUT2D eigenvalue weighted by molar-refractivity contribution is 9.10. The Morgan fingerprint density at radius 1 is 1.67 bits per heavy atom. The minimum Gasteiger partial charge on any atom is -0.384 e. The van der Waals surface area contributed by atoms with Gasteiger partial charge in [-0.15, -0.1) is 0 Å². The van der Waals surface area contributed by atoms with Crippen molar-refractivity contribution in [2.75, 3.05) is 11.9 Å². The van der Waals surface area contributed by atoms with Crippen LogP contribution >= 0.6 is 15.9 Å². The van der Waals surface area contributed by atoms with E-state index >= 15 is 0 Å². The van der Waals surface area contributed by atoms with Gasteiger partial charge in [0.25, 0.3) is 0 Å². The van der Waals surface area contributed by atoms with Crippen molar-refractivity contribution < 1.29 is 9.18 Å². The molecule has 0 aliphatic carbocycles. The van der Waals surface area contributed by atoms with E-state index in [9.17, 15) is 9.18 Å². The fraction of sp³-hybridized carbons (Fsp3) is 0.300. The molecule has 0 saturated heterocycles. The van der Waals surface area contributed by atoms with Crippen molar-refractivity contribution in [1.29, 1.82) is 0 Å². The van der Waals surface area contributed by atoms with Gasteiger partial charge in [-0.1, -0.05) is 6.92 Å². The predicted molar refractivity (Wildman–Crippen MR) is 60.9 cm³/mol. The van der Waals surface area contributed by atoms with Crippen molar-refractivity contribution in [1.82, 2.24) is 0 Å². The molecule has 82 valence electrons. The summed E-state index contributed by atoms with van der Waals surface area (Å²) in [4.78, 5) is 10.7. The van der Waals surface area contributed by atoms with E-state index in [4.69, 9.17) is 5.73 Å². The maximum atomic E-state index is 13.1. The van der Waals surface area contributed by atoms with Crippen LogP contribution in [0.3, 0.4) is 0 Å². The number of hydrogen-bond acceptors (Lipinski definition) is 2. The molecule has 3 nitrogen and oxygen atoms in total. The topological polar surface area (TPSA) is 55.1 Å². The zero-order chi connectivity index (χ0) is 11.4. The smallest absolute Gasteiger partial charge is 0.222 e. The minimum atomic E-state index is -0.375. The normalized spacial score (nSPS) is 12.2. The van der Waals surface area contributed by atoms with Crippen LogP contribution in [0.5, 0.6) is 0 Å². The highest BCUT2D eigenvalue weighted by atomic mass is 79.9. The third-order valence-corrected chi connectivity index (χ3v) is 2.66. The van der Waals surface area contributed by atoms with Crippen LogP contribution in [0, 0.1) is 11.7 Å². The molecule has 0 aliphatic rings. The summed E-state index contributed by atoms with van der Waals surface area (Å²) < 4.78 is 13.5. The van der Waals surface area contributed by atoms with E-state index in [2.05, 4.69) is 21.2 Å². The largest absolute Gasteiger partial charge is 0.384 e. The van der Waals surface area contributed by atoms with Crippen LogP contribution in [-0.4, -0.2) is 12.5 Å². The molecule has 0 bridgehead atoms. The number of benzene rings is 1. The molecule has 0 spiro atoms. The monoisotopic (exact) mass is 274 g/mol. The first-order valence-electron chi connectivity index (χ1n) is 4.49. The molecule has 1 atom stereocenters. The first kappa shape index (κ1) is 12.0. The standard InChI is InChI=1S/C10H12BrFN2O/c1-6(10(13)15)5-14-7-2-3-8(11)9(12)4-7/h2-4,6,14H,5H2,1H3,(H2,13,15). The number of primary amides is 1.